The quantitative estimate of drug-likeness (QED) is 0.295. The van der Waals surface area contributed by atoms with E-state index in [1.165, 1.54) is 90.0 Å². The highest BCUT2D eigenvalue weighted by Crippen LogP contribution is 2.72. The second-order valence-electron chi connectivity index (χ2n) is 19.3. The molecule has 254 valence electrons. The van der Waals surface area contributed by atoms with Gasteiger partial charge in [0.15, 0.2) is 0 Å². The number of allylic oxidation sites excluding steroid dienone is 4. The molecule has 0 amide bonds. The number of nitrogens with zero attached hydrogens (tertiary/aromatic N) is 1. The molecule has 7 aliphatic rings. The van der Waals surface area contributed by atoms with Gasteiger partial charge in [-0.25, -0.2) is 0 Å². The molecule has 0 bridgehead atoms. The van der Waals surface area contributed by atoms with Gasteiger partial charge in [-0.05, 0) is 139 Å². The van der Waals surface area contributed by atoms with Crippen LogP contribution in [-0.4, -0.2) is 52.7 Å². The SMILES string of the molecule is C[S+]([O-])C1CCN(CCNC23CCC[C@@H]2C2CCC4C(C)(CCC5C(C)(C)C(C6=CCC(C)(C)CC6)=CCC54C)C2CC3)CC1. The molecule has 7 rings (SSSR count). The van der Waals surface area contributed by atoms with Gasteiger partial charge in [-0.1, -0.05) is 71.3 Å². The van der Waals surface area contributed by atoms with Gasteiger partial charge in [-0.2, -0.15) is 0 Å². The summed E-state index contributed by atoms with van der Waals surface area (Å²) in [4.78, 5) is 2.64. The van der Waals surface area contributed by atoms with Crippen molar-refractivity contribution < 1.29 is 4.55 Å². The van der Waals surface area contributed by atoms with Gasteiger partial charge in [0.25, 0.3) is 0 Å². The summed E-state index contributed by atoms with van der Waals surface area (Å²) < 4.78 is 12.0. The van der Waals surface area contributed by atoms with Crippen LogP contribution in [0.15, 0.2) is 23.3 Å². The molecule has 5 fully saturated rings. The Balaban J connectivity index is 1.04. The van der Waals surface area contributed by atoms with Crippen molar-refractivity contribution in [1.29, 1.82) is 0 Å². The van der Waals surface area contributed by atoms with E-state index in [0.717, 1.165) is 62.1 Å². The summed E-state index contributed by atoms with van der Waals surface area (Å²) in [5.41, 5.74) is 5.58. The molecule has 0 aromatic carbocycles. The first kappa shape index (κ1) is 33.2. The van der Waals surface area contributed by atoms with Gasteiger partial charge in [-0.3, -0.25) is 0 Å². The van der Waals surface area contributed by atoms with Gasteiger partial charge in [0.05, 0.1) is 6.26 Å². The third-order valence-corrected chi connectivity index (χ3v) is 17.7. The number of likely N-dealkylation sites (tertiary alicyclic amines) is 1. The number of piperidine rings is 1. The van der Waals surface area contributed by atoms with Crippen LogP contribution < -0.4 is 5.32 Å². The van der Waals surface area contributed by atoms with Crippen LogP contribution in [0.3, 0.4) is 0 Å². The topological polar surface area (TPSA) is 38.3 Å². The fraction of sp³-hybridized carbons (Fsp3) is 0.902. The summed E-state index contributed by atoms with van der Waals surface area (Å²) in [6.45, 7) is 20.3. The Morgan fingerprint density at radius 2 is 1.58 bits per heavy atom. The lowest BCUT2D eigenvalue weighted by molar-refractivity contribution is -0.175. The second-order valence-corrected chi connectivity index (χ2v) is 21.0. The summed E-state index contributed by atoms with van der Waals surface area (Å²) in [5.74, 6) is 4.45. The Morgan fingerprint density at radius 1 is 0.800 bits per heavy atom. The predicted molar refractivity (Wildman–Crippen MR) is 192 cm³/mol. The molecule has 1 N–H and O–H groups in total. The molecule has 45 heavy (non-hydrogen) atoms. The van der Waals surface area contributed by atoms with Crippen LogP contribution >= 0.6 is 0 Å². The van der Waals surface area contributed by atoms with Crippen molar-refractivity contribution in [2.45, 2.75) is 149 Å². The first-order chi connectivity index (χ1) is 21.3. The van der Waals surface area contributed by atoms with E-state index in [1.807, 2.05) is 6.26 Å². The van der Waals surface area contributed by atoms with Gasteiger partial charge in [0.2, 0.25) is 0 Å². The van der Waals surface area contributed by atoms with Crippen LogP contribution in [0.25, 0.3) is 0 Å². The minimum Gasteiger partial charge on any atom is -0.616 e. The highest BCUT2D eigenvalue weighted by molar-refractivity contribution is 7.91. The van der Waals surface area contributed by atoms with E-state index in [9.17, 15) is 4.55 Å². The van der Waals surface area contributed by atoms with Crippen molar-refractivity contribution in [3.05, 3.63) is 23.3 Å². The molecule has 0 spiro atoms. The number of rotatable bonds is 6. The zero-order valence-corrected chi connectivity index (χ0v) is 31.1. The van der Waals surface area contributed by atoms with Crippen molar-refractivity contribution >= 4 is 11.2 Å². The molecule has 6 aliphatic carbocycles. The minimum atomic E-state index is -0.654. The Morgan fingerprint density at radius 3 is 2.29 bits per heavy atom. The van der Waals surface area contributed by atoms with Crippen molar-refractivity contribution in [3.8, 4) is 0 Å². The average Bonchev–Trinajstić information content (AvgIpc) is 3.42. The van der Waals surface area contributed by atoms with Gasteiger partial charge in [0.1, 0.15) is 5.25 Å². The maximum atomic E-state index is 12.0. The molecule has 4 heteroatoms. The third-order valence-electron chi connectivity index (χ3n) is 16.3. The van der Waals surface area contributed by atoms with Gasteiger partial charge >= 0.3 is 0 Å². The summed E-state index contributed by atoms with van der Waals surface area (Å²) in [5, 5.41) is 4.71. The van der Waals surface area contributed by atoms with E-state index in [2.05, 4.69) is 63.9 Å². The molecule has 3 nitrogen and oxygen atoms in total. The fourth-order valence-electron chi connectivity index (χ4n) is 13.9. The van der Waals surface area contributed by atoms with E-state index >= 15 is 0 Å². The third kappa shape index (κ3) is 5.58. The Bertz CT molecular complexity index is 1160. The molecular formula is C41H68N2OS. The number of hydrogen-bond donors (Lipinski definition) is 1. The van der Waals surface area contributed by atoms with Gasteiger partial charge in [-0.15, -0.1) is 0 Å². The lowest BCUT2D eigenvalue weighted by Crippen LogP contribution is -2.64. The van der Waals surface area contributed by atoms with Gasteiger partial charge < -0.3 is 14.8 Å². The number of fused-ring (bicyclic) bond motifs is 7. The van der Waals surface area contributed by atoms with E-state index in [4.69, 9.17) is 0 Å². The lowest BCUT2D eigenvalue weighted by atomic mass is 9.37. The summed E-state index contributed by atoms with van der Waals surface area (Å²) in [7, 11) is 0. The van der Waals surface area contributed by atoms with E-state index in [1.54, 1.807) is 11.1 Å². The predicted octanol–water partition coefficient (Wildman–Crippen LogP) is 9.31. The van der Waals surface area contributed by atoms with Crippen molar-refractivity contribution in [2.24, 2.45) is 51.2 Å². The molecular weight excluding hydrogens is 569 g/mol. The van der Waals surface area contributed by atoms with Crippen LogP contribution in [-0.2, 0) is 11.2 Å². The monoisotopic (exact) mass is 637 g/mol. The van der Waals surface area contributed by atoms with Crippen LogP contribution in [0.1, 0.15) is 138 Å². The summed E-state index contributed by atoms with van der Waals surface area (Å²) in [6, 6.07) is 0. The van der Waals surface area contributed by atoms with Crippen LogP contribution in [0.5, 0.6) is 0 Å². The Hall–Kier alpha value is -0.290. The Labute approximate surface area is 280 Å². The molecule has 1 aliphatic heterocycles. The maximum Gasteiger partial charge on any atom is 0.117 e. The fourth-order valence-corrected chi connectivity index (χ4v) is 14.8. The normalized spacial score (nSPS) is 45.4. The van der Waals surface area contributed by atoms with Crippen LogP contribution in [0, 0.1) is 51.2 Å². The number of hydrogen-bond acceptors (Lipinski definition) is 3. The molecule has 4 saturated carbocycles. The first-order valence-corrected chi connectivity index (χ1v) is 21.1. The zero-order valence-electron chi connectivity index (χ0n) is 30.3. The average molecular weight is 637 g/mol. The smallest absolute Gasteiger partial charge is 0.117 e. The minimum absolute atomic E-state index is 0.290. The van der Waals surface area contributed by atoms with Gasteiger partial charge in [0, 0.05) is 44.6 Å². The molecule has 9 atom stereocenters. The van der Waals surface area contributed by atoms with Crippen molar-refractivity contribution in [1.82, 2.24) is 10.2 Å². The largest absolute Gasteiger partial charge is 0.616 e. The molecule has 8 unspecified atom stereocenters. The van der Waals surface area contributed by atoms with E-state index in [-0.39, 0.29) is 0 Å². The van der Waals surface area contributed by atoms with Crippen LogP contribution in [0.4, 0.5) is 0 Å². The standard InChI is InChI=1S/C41H68N2OS/c1-37(2)20-12-29(13-21-37)32-14-22-40(6)35(38(32,3)4)16-23-39(5)33-15-24-41(19-8-9-34(41)31(33)10-11-36(39)40)42-25-28-43-26-17-30(18-27-43)45(7)44/h12,14,30-31,33-36,42H,8-11,13,15-28H2,1-7H3/t31?,33?,34-,35?,36?,39?,40?,41?,45?/m1/s1. The molecule has 1 heterocycles. The molecule has 0 radical (unpaired) electrons. The Kier molecular flexibility index (Phi) is 8.82. The molecule has 0 aromatic heterocycles. The highest BCUT2D eigenvalue weighted by Gasteiger charge is 2.65. The van der Waals surface area contributed by atoms with E-state index in [0.29, 0.717) is 32.4 Å². The van der Waals surface area contributed by atoms with Crippen LogP contribution in [0.2, 0.25) is 0 Å². The number of nitrogens with one attached hydrogen (secondary N) is 1. The highest BCUT2D eigenvalue weighted by atomic mass is 32.2. The zero-order chi connectivity index (χ0) is 31.8. The maximum absolute atomic E-state index is 12.0. The second kappa shape index (κ2) is 11.9. The van der Waals surface area contributed by atoms with Crippen molar-refractivity contribution in [3.63, 3.8) is 0 Å². The summed E-state index contributed by atoms with van der Waals surface area (Å²) >= 11 is -0.654. The van der Waals surface area contributed by atoms with Crippen molar-refractivity contribution in [2.75, 3.05) is 32.4 Å². The lowest BCUT2D eigenvalue weighted by Gasteiger charge is -2.68. The van der Waals surface area contributed by atoms with E-state index < -0.39 is 11.2 Å². The summed E-state index contributed by atoms with van der Waals surface area (Å²) in [6.07, 6.45) is 27.8. The first-order valence-electron chi connectivity index (χ1n) is 19.5. The molecule has 0 aromatic rings. The molecule has 1 saturated heterocycles.